The van der Waals surface area contributed by atoms with Gasteiger partial charge in [-0.1, -0.05) is 48.5 Å². The molecule has 0 aliphatic carbocycles. The maximum Gasteiger partial charge on any atom is 0.344 e. The summed E-state index contributed by atoms with van der Waals surface area (Å²) in [7, 11) is 0. The fraction of sp³-hybridized carbons (Fsp3) is 0.154. The van der Waals surface area contributed by atoms with E-state index in [1.807, 2.05) is 42.5 Å². The highest BCUT2D eigenvalue weighted by Crippen LogP contribution is 2.31. The van der Waals surface area contributed by atoms with E-state index in [9.17, 15) is 19.7 Å². The molecule has 0 atom stereocenters. The van der Waals surface area contributed by atoms with Crippen molar-refractivity contribution in [2.75, 3.05) is 31.1 Å². The smallest absolute Gasteiger partial charge is 0.344 e. The third-order valence-electron chi connectivity index (χ3n) is 6.09. The van der Waals surface area contributed by atoms with Gasteiger partial charge < -0.3 is 14.2 Å². The molecule has 0 radical (unpaired) electrons. The first kappa shape index (κ1) is 21.4. The molecule has 1 amide bonds. The predicted molar refractivity (Wildman–Crippen MR) is 129 cm³/mol. The number of non-ortho nitro benzene ring substituents is 1. The topological polar surface area (TPSA) is 96.9 Å². The molecule has 8 nitrogen and oxygen atoms in total. The highest BCUT2D eigenvalue weighted by molar-refractivity contribution is 6.07. The van der Waals surface area contributed by atoms with Crippen molar-refractivity contribution in [2.45, 2.75) is 0 Å². The Morgan fingerprint density at radius 3 is 2.09 bits per heavy atom. The predicted octanol–water partition coefficient (Wildman–Crippen LogP) is 4.33. The van der Waals surface area contributed by atoms with Crippen LogP contribution in [0.4, 0.5) is 11.4 Å². The van der Waals surface area contributed by atoms with E-state index in [-0.39, 0.29) is 17.4 Å². The van der Waals surface area contributed by atoms with E-state index in [1.54, 1.807) is 29.2 Å². The van der Waals surface area contributed by atoms with Crippen LogP contribution in [-0.4, -0.2) is 41.9 Å². The zero-order valence-corrected chi connectivity index (χ0v) is 18.2. The van der Waals surface area contributed by atoms with E-state index >= 15 is 0 Å². The third-order valence-corrected chi connectivity index (χ3v) is 6.09. The first-order valence-corrected chi connectivity index (χ1v) is 10.9. The molecular formula is C26H21N3O5. The number of piperazine rings is 1. The maximum atomic E-state index is 13.6. The Labute approximate surface area is 194 Å². The Bertz CT molecular complexity index is 1420. The van der Waals surface area contributed by atoms with Crippen molar-refractivity contribution in [1.82, 2.24) is 4.90 Å². The standard InChI is InChI=1S/C26H21N3O5/c30-25(28-16-14-27(15-17-28)19-10-12-20(13-11-19)29(32)33)24-23(18-6-2-1-3-7-18)21-8-4-5-9-22(21)26(31)34-24/h1-13H,14-17H2. The fourth-order valence-corrected chi connectivity index (χ4v) is 4.34. The zero-order valence-electron chi connectivity index (χ0n) is 18.2. The molecule has 0 bridgehead atoms. The molecule has 170 valence electrons. The van der Waals surface area contributed by atoms with E-state index < -0.39 is 10.5 Å². The number of hydrogen-bond acceptors (Lipinski definition) is 6. The van der Waals surface area contributed by atoms with E-state index in [4.69, 9.17) is 4.42 Å². The largest absolute Gasteiger partial charge is 0.416 e. The third kappa shape index (κ3) is 3.90. The summed E-state index contributed by atoms with van der Waals surface area (Å²) in [5, 5.41) is 12.0. The van der Waals surface area contributed by atoms with Crippen LogP contribution in [0.25, 0.3) is 21.9 Å². The lowest BCUT2D eigenvalue weighted by Crippen LogP contribution is -2.49. The Kier molecular flexibility index (Phi) is 5.55. The van der Waals surface area contributed by atoms with E-state index in [2.05, 4.69) is 4.90 Å². The molecule has 34 heavy (non-hydrogen) atoms. The van der Waals surface area contributed by atoms with Crippen molar-refractivity contribution >= 4 is 28.1 Å². The summed E-state index contributed by atoms with van der Waals surface area (Å²) >= 11 is 0. The number of fused-ring (bicyclic) bond motifs is 1. The molecule has 8 heteroatoms. The molecule has 4 aromatic rings. The van der Waals surface area contributed by atoms with Gasteiger partial charge >= 0.3 is 5.63 Å². The van der Waals surface area contributed by atoms with Crippen LogP contribution in [0.2, 0.25) is 0 Å². The second kappa shape index (κ2) is 8.82. The van der Waals surface area contributed by atoms with Crippen molar-refractivity contribution in [1.29, 1.82) is 0 Å². The lowest BCUT2D eigenvalue weighted by molar-refractivity contribution is -0.384. The molecule has 3 aromatic carbocycles. The van der Waals surface area contributed by atoms with Crippen LogP contribution in [0, 0.1) is 10.1 Å². The lowest BCUT2D eigenvalue weighted by atomic mass is 9.98. The van der Waals surface area contributed by atoms with Gasteiger partial charge in [-0.05, 0) is 23.8 Å². The molecule has 0 spiro atoms. The molecule has 1 aliphatic rings. The van der Waals surface area contributed by atoms with Gasteiger partial charge in [0.2, 0.25) is 5.76 Å². The van der Waals surface area contributed by atoms with E-state index in [0.717, 1.165) is 11.3 Å². The van der Waals surface area contributed by atoms with Crippen molar-refractivity contribution in [2.24, 2.45) is 0 Å². The Morgan fingerprint density at radius 1 is 0.824 bits per heavy atom. The average molecular weight is 455 g/mol. The first-order valence-electron chi connectivity index (χ1n) is 10.9. The number of rotatable bonds is 4. The number of nitrogens with zero attached hydrogens (tertiary/aromatic N) is 3. The van der Waals surface area contributed by atoms with Crippen LogP contribution in [0.5, 0.6) is 0 Å². The highest BCUT2D eigenvalue weighted by atomic mass is 16.6. The normalized spacial score (nSPS) is 13.8. The Hall–Kier alpha value is -4.46. The molecule has 0 unspecified atom stereocenters. The van der Waals surface area contributed by atoms with Crippen LogP contribution in [0.15, 0.2) is 88.1 Å². The van der Waals surface area contributed by atoms with Gasteiger partial charge in [-0.2, -0.15) is 0 Å². The van der Waals surface area contributed by atoms with Crippen molar-refractivity contribution in [3.63, 3.8) is 0 Å². The van der Waals surface area contributed by atoms with Gasteiger partial charge in [-0.3, -0.25) is 14.9 Å². The Balaban J connectivity index is 1.44. The van der Waals surface area contributed by atoms with Gasteiger partial charge in [0.15, 0.2) is 0 Å². The van der Waals surface area contributed by atoms with Gasteiger partial charge in [0.05, 0.1) is 10.3 Å². The van der Waals surface area contributed by atoms with Crippen molar-refractivity contribution < 1.29 is 14.1 Å². The number of carbonyl (C=O) groups is 1. The van der Waals surface area contributed by atoms with Crippen LogP contribution in [0.1, 0.15) is 10.6 Å². The summed E-state index contributed by atoms with van der Waals surface area (Å²) < 4.78 is 5.61. The van der Waals surface area contributed by atoms with Crippen molar-refractivity contribution in [3.8, 4) is 11.1 Å². The zero-order chi connectivity index (χ0) is 23.7. The van der Waals surface area contributed by atoms with Crippen LogP contribution in [-0.2, 0) is 0 Å². The Morgan fingerprint density at radius 2 is 1.44 bits per heavy atom. The first-order chi connectivity index (χ1) is 16.5. The number of hydrogen-bond donors (Lipinski definition) is 0. The molecule has 2 heterocycles. The molecular weight excluding hydrogens is 434 g/mol. The van der Waals surface area contributed by atoms with Crippen molar-refractivity contribution in [3.05, 3.63) is 105 Å². The van der Waals surface area contributed by atoms with E-state index in [1.165, 1.54) is 12.1 Å². The molecule has 5 rings (SSSR count). The quantitative estimate of drug-likeness (QED) is 0.336. The number of nitro benzene ring substituents is 1. The highest BCUT2D eigenvalue weighted by Gasteiger charge is 2.28. The average Bonchev–Trinajstić information content (AvgIpc) is 2.89. The summed E-state index contributed by atoms with van der Waals surface area (Å²) in [5.41, 5.74) is 1.77. The van der Waals surface area contributed by atoms with Gasteiger partial charge in [0.25, 0.3) is 11.6 Å². The summed E-state index contributed by atoms with van der Waals surface area (Å²) in [6.07, 6.45) is 0. The molecule has 0 N–H and O–H groups in total. The minimum atomic E-state index is -0.539. The molecule has 1 aliphatic heterocycles. The fourth-order valence-electron chi connectivity index (χ4n) is 4.34. The van der Waals surface area contributed by atoms with Gasteiger partial charge in [0, 0.05) is 54.9 Å². The lowest BCUT2D eigenvalue weighted by Gasteiger charge is -2.36. The van der Waals surface area contributed by atoms with Crippen LogP contribution in [0.3, 0.4) is 0 Å². The molecule has 1 saturated heterocycles. The van der Waals surface area contributed by atoms with Gasteiger partial charge in [-0.25, -0.2) is 4.79 Å². The maximum absolute atomic E-state index is 13.6. The number of anilines is 1. The SMILES string of the molecule is O=C(c1oc(=O)c2ccccc2c1-c1ccccc1)N1CCN(c2ccc([N+](=O)[O-])cc2)CC1. The van der Waals surface area contributed by atoms with Crippen LogP contribution >= 0.6 is 0 Å². The number of carbonyl (C=O) groups excluding carboxylic acids is 1. The molecule has 1 fully saturated rings. The number of nitro groups is 1. The summed E-state index contributed by atoms with van der Waals surface area (Å²) in [6, 6.07) is 23.0. The monoisotopic (exact) mass is 455 g/mol. The van der Waals surface area contributed by atoms with Crippen LogP contribution < -0.4 is 10.5 Å². The second-order valence-corrected chi connectivity index (χ2v) is 8.06. The number of amides is 1. The summed E-state index contributed by atoms with van der Waals surface area (Å²) in [4.78, 5) is 40.5. The summed E-state index contributed by atoms with van der Waals surface area (Å²) in [6.45, 7) is 1.98. The van der Waals surface area contributed by atoms with Gasteiger partial charge in [-0.15, -0.1) is 0 Å². The second-order valence-electron chi connectivity index (χ2n) is 8.06. The minimum absolute atomic E-state index is 0.0392. The summed E-state index contributed by atoms with van der Waals surface area (Å²) in [5.74, 6) is -0.288. The molecule has 1 aromatic heterocycles. The molecule has 0 saturated carbocycles. The minimum Gasteiger partial charge on any atom is -0.416 e. The van der Waals surface area contributed by atoms with E-state index in [0.29, 0.717) is 42.5 Å². The van der Waals surface area contributed by atoms with Gasteiger partial charge in [0.1, 0.15) is 0 Å². The number of benzene rings is 3.